The number of fused-ring (bicyclic) bond motifs is 1. The second kappa shape index (κ2) is 5.52. The Balaban J connectivity index is 1.61. The Labute approximate surface area is 118 Å². The highest BCUT2D eigenvalue weighted by Gasteiger charge is 2.38. The van der Waals surface area contributed by atoms with Gasteiger partial charge in [0.2, 0.25) is 5.91 Å². The lowest BCUT2D eigenvalue weighted by Gasteiger charge is -2.27. The minimum absolute atomic E-state index is 0.110. The molecule has 1 aliphatic heterocycles. The van der Waals surface area contributed by atoms with Crippen molar-refractivity contribution in [1.82, 2.24) is 4.90 Å². The average Bonchev–Trinajstić information content (AvgIpc) is 2.81. The number of hydrogen-bond donors (Lipinski definition) is 1. The molecule has 2 aliphatic rings. The molecule has 0 spiro atoms. The number of likely N-dealkylation sites (tertiary alicyclic amines) is 1. The first kappa shape index (κ1) is 13.6. The van der Waals surface area contributed by atoms with Crippen molar-refractivity contribution in [3.8, 4) is 0 Å². The first-order chi connectivity index (χ1) is 9.61. The number of carbonyl (C=O) groups excluding carboxylic acids is 1. The fraction of sp³-hybridized carbons (Fsp3) is 0.562. The molecule has 1 saturated carbocycles. The highest BCUT2D eigenvalue weighted by atomic mass is 19.1. The van der Waals surface area contributed by atoms with E-state index in [2.05, 4.69) is 0 Å². The summed E-state index contributed by atoms with van der Waals surface area (Å²) in [6.07, 6.45) is 3.54. The Morgan fingerprint density at radius 3 is 2.90 bits per heavy atom. The molecule has 2 N–H and O–H groups in total. The number of amides is 1. The quantitative estimate of drug-likeness (QED) is 0.897. The number of carbonyl (C=O) groups is 1. The monoisotopic (exact) mass is 276 g/mol. The van der Waals surface area contributed by atoms with Crippen molar-refractivity contribution in [2.75, 3.05) is 13.1 Å². The molecule has 1 saturated heterocycles. The molecule has 1 amide bonds. The number of hydrogen-bond acceptors (Lipinski definition) is 2. The van der Waals surface area contributed by atoms with Gasteiger partial charge in [-0.3, -0.25) is 4.79 Å². The van der Waals surface area contributed by atoms with Gasteiger partial charge in [0.1, 0.15) is 5.82 Å². The zero-order valence-electron chi connectivity index (χ0n) is 11.6. The van der Waals surface area contributed by atoms with Crippen molar-refractivity contribution < 1.29 is 9.18 Å². The van der Waals surface area contributed by atoms with Gasteiger partial charge in [0.05, 0.1) is 6.42 Å². The molecule has 3 nitrogen and oxygen atoms in total. The number of halogens is 1. The van der Waals surface area contributed by atoms with Gasteiger partial charge in [-0.25, -0.2) is 4.39 Å². The first-order valence-corrected chi connectivity index (χ1v) is 7.39. The summed E-state index contributed by atoms with van der Waals surface area (Å²) in [4.78, 5) is 14.3. The van der Waals surface area contributed by atoms with Crippen molar-refractivity contribution in [3.63, 3.8) is 0 Å². The van der Waals surface area contributed by atoms with Crippen LogP contribution in [0.5, 0.6) is 0 Å². The van der Waals surface area contributed by atoms with E-state index >= 15 is 0 Å². The van der Waals surface area contributed by atoms with Crippen LogP contribution in [0, 0.1) is 17.7 Å². The molecule has 4 heteroatoms. The van der Waals surface area contributed by atoms with Gasteiger partial charge in [-0.05, 0) is 48.8 Å². The maximum atomic E-state index is 13.1. The summed E-state index contributed by atoms with van der Waals surface area (Å²) < 4.78 is 13.1. The lowest BCUT2D eigenvalue weighted by Crippen LogP contribution is -2.32. The van der Waals surface area contributed by atoms with Gasteiger partial charge in [0.15, 0.2) is 0 Å². The fourth-order valence-corrected chi connectivity index (χ4v) is 3.60. The lowest BCUT2D eigenvalue weighted by atomic mass is 9.79. The second-order valence-electron chi connectivity index (χ2n) is 6.20. The van der Waals surface area contributed by atoms with Gasteiger partial charge >= 0.3 is 0 Å². The van der Waals surface area contributed by atoms with Crippen LogP contribution in [-0.4, -0.2) is 29.9 Å². The second-order valence-corrected chi connectivity index (χ2v) is 6.20. The zero-order valence-corrected chi connectivity index (χ0v) is 11.6. The number of nitrogens with zero attached hydrogens (tertiary/aromatic N) is 1. The van der Waals surface area contributed by atoms with Crippen LogP contribution in [0.2, 0.25) is 0 Å². The molecule has 0 radical (unpaired) electrons. The van der Waals surface area contributed by atoms with Crippen molar-refractivity contribution >= 4 is 5.91 Å². The van der Waals surface area contributed by atoms with E-state index in [1.54, 1.807) is 12.1 Å². The summed E-state index contributed by atoms with van der Waals surface area (Å²) in [5.74, 6) is 1.01. The molecule has 1 unspecified atom stereocenters. The van der Waals surface area contributed by atoms with Gasteiger partial charge in [0.25, 0.3) is 0 Å². The van der Waals surface area contributed by atoms with E-state index in [1.165, 1.54) is 12.1 Å². The summed E-state index contributed by atoms with van der Waals surface area (Å²) in [7, 11) is 0. The predicted molar refractivity (Wildman–Crippen MR) is 75.5 cm³/mol. The maximum absolute atomic E-state index is 13.1. The maximum Gasteiger partial charge on any atom is 0.227 e. The molecular formula is C16H21FN2O. The van der Waals surface area contributed by atoms with Crippen LogP contribution in [0.4, 0.5) is 4.39 Å². The minimum atomic E-state index is -0.281. The molecular weight excluding hydrogens is 255 g/mol. The summed E-state index contributed by atoms with van der Waals surface area (Å²) in [5.41, 5.74) is 6.76. The largest absolute Gasteiger partial charge is 0.342 e. The molecule has 1 aliphatic carbocycles. The smallest absolute Gasteiger partial charge is 0.227 e. The summed E-state index contributed by atoms with van der Waals surface area (Å²) >= 11 is 0. The lowest BCUT2D eigenvalue weighted by molar-refractivity contribution is -0.129. The summed E-state index contributed by atoms with van der Waals surface area (Å²) in [6, 6.07) is 6.60. The Bertz CT molecular complexity index is 505. The van der Waals surface area contributed by atoms with Gasteiger partial charge in [-0.15, -0.1) is 0 Å². The van der Waals surface area contributed by atoms with E-state index in [0.717, 1.165) is 37.9 Å². The van der Waals surface area contributed by atoms with E-state index in [-0.39, 0.29) is 11.7 Å². The molecule has 1 aromatic rings. The van der Waals surface area contributed by atoms with Crippen molar-refractivity contribution in [2.45, 2.75) is 31.7 Å². The third kappa shape index (κ3) is 2.85. The molecule has 1 heterocycles. The van der Waals surface area contributed by atoms with Gasteiger partial charge < -0.3 is 10.6 Å². The summed E-state index contributed by atoms with van der Waals surface area (Å²) in [6.45, 7) is 1.68. The molecule has 0 aromatic heterocycles. The van der Waals surface area contributed by atoms with E-state index in [0.29, 0.717) is 24.3 Å². The average molecular weight is 276 g/mol. The molecule has 3 rings (SSSR count). The molecule has 20 heavy (non-hydrogen) atoms. The zero-order chi connectivity index (χ0) is 14.1. The third-order valence-corrected chi connectivity index (χ3v) is 4.69. The number of rotatable bonds is 2. The Morgan fingerprint density at radius 2 is 2.10 bits per heavy atom. The first-order valence-electron chi connectivity index (χ1n) is 7.39. The Morgan fingerprint density at radius 1 is 1.30 bits per heavy atom. The third-order valence-electron chi connectivity index (χ3n) is 4.69. The van der Waals surface area contributed by atoms with E-state index in [9.17, 15) is 9.18 Å². The molecule has 1 aromatic carbocycles. The van der Waals surface area contributed by atoms with Crippen LogP contribution in [0.3, 0.4) is 0 Å². The minimum Gasteiger partial charge on any atom is -0.342 e. The van der Waals surface area contributed by atoms with Crippen LogP contribution in [0.25, 0.3) is 0 Å². The Kier molecular flexibility index (Phi) is 3.74. The molecule has 2 fully saturated rings. The molecule has 108 valence electrons. The topological polar surface area (TPSA) is 46.3 Å². The number of benzene rings is 1. The van der Waals surface area contributed by atoms with Crippen LogP contribution >= 0.6 is 0 Å². The van der Waals surface area contributed by atoms with Crippen LogP contribution in [-0.2, 0) is 11.2 Å². The van der Waals surface area contributed by atoms with Crippen molar-refractivity contribution in [1.29, 1.82) is 0 Å². The van der Waals surface area contributed by atoms with Crippen molar-refractivity contribution in [3.05, 3.63) is 35.6 Å². The van der Waals surface area contributed by atoms with E-state index < -0.39 is 0 Å². The van der Waals surface area contributed by atoms with Gasteiger partial charge in [0, 0.05) is 19.1 Å². The standard InChI is InChI=1S/C16H21FN2O/c17-14-3-1-2-11(6-14)7-16(20)19-9-12-4-5-15(18)8-13(12)10-19/h1-3,6,12-13,15H,4-5,7-10,18H2/t12-,13+,15?/m1/s1. The van der Waals surface area contributed by atoms with Crippen LogP contribution in [0.15, 0.2) is 24.3 Å². The van der Waals surface area contributed by atoms with Crippen LogP contribution in [0.1, 0.15) is 24.8 Å². The highest BCUT2D eigenvalue weighted by molar-refractivity contribution is 5.79. The summed E-state index contributed by atoms with van der Waals surface area (Å²) in [5, 5.41) is 0. The predicted octanol–water partition coefficient (Wildman–Crippen LogP) is 1.95. The van der Waals surface area contributed by atoms with Crippen LogP contribution < -0.4 is 5.73 Å². The highest BCUT2D eigenvalue weighted by Crippen LogP contribution is 2.35. The van der Waals surface area contributed by atoms with E-state index in [4.69, 9.17) is 5.73 Å². The Hall–Kier alpha value is -1.42. The molecule has 3 atom stereocenters. The fourth-order valence-electron chi connectivity index (χ4n) is 3.60. The van der Waals surface area contributed by atoms with Gasteiger partial charge in [-0.1, -0.05) is 12.1 Å². The SMILES string of the molecule is NC1CC[C@@H]2CN(C(=O)Cc3cccc(F)c3)C[C@@H]2C1. The normalized spacial score (nSPS) is 29.3. The van der Waals surface area contributed by atoms with Gasteiger partial charge in [-0.2, -0.15) is 0 Å². The molecule has 0 bridgehead atoms. The number of nitrogens with two attached hydrogens (primary N) is 1. The van der Waals surface area contributed by atoms with Crippen molar-refractivity contribution in [2.24, 2.45) is 17.6 Å². The van der Waals surface area contributed by atoms with E-state index in [1.807, 2.05) is 4.90 Å².